The molecule has 3 aliphatic rings. The Labute approximate surface area is 123 Å². The minimum atomic E-state index is 0.331. The number of urea groups is 1. The van der Waals surface area contributed by atoms with Crippen molar-refractivity contribution in [1.29, 1.82) is 0 Å². The quantitative estimate of drug-likeness (QED) is 0.656. The zero-order chi connectivity index (χ0) is 13.8. The van der Waals surface area contributed by atoms with Crippen molar-refractivity contribution in [2.24, 2.45) is 5.41 Å². The van der Waals surface area contributed by atoms with E-state index in [0.29, 0.717) is 11.4 Å². The SMILES string of the molecule is O=C(N1CCCCCC1)N1CCC2(CCCCC2)CC1. The second-order valence-electron chi connectivity index (χ2n) is 7.23. The number of carbonyl (C=O) groups excluding carboxylic acids is 1. The maximum Gasteiger partial charge on any atom is 0.319 e. The van der Waals surface area contributed by atoms with E-state index in [1.165, 1.54) is 70.6 Å². The standard InChI is InChI=1S/C17H30N2O/c20-16(18-12-6-1-2-7-13-18)19-14-10-17(11-15-19)8-4-3-5-9-17/h1-15H2. The third kappa shape index (κ3) is 3.12. The maximum atomic E-state index is 12.6. The Bertz CT molecular complexity index is 318. The minimum absolute atomic E-state index is 0.331. The highest BCUT2D eigenvalue weighted by molar-refractivity contribution is 5.74. The fraction of sp³-hybridized carbons (Fsp3) is 0.941. The van der Waals surface area contributed by atoms with Crippen molar-refractivity contribution in [3.05, 3.63) is 0 Å². The van der Waals surface area contributed by atoms with Crippen molar-refractivity contribution in [1.82, 2.24) is 9.80 Å². The van der Waals surface area contributed by atoms with Gasteiger partial charge in [0.15, 0.2) is 0 Å². The first-order valence-corrected chi connectivity index (χ1v) is 8.83. The summed E-state index contributed by atoms with van der Waals surface area (Å²) in [7, 11) is 0. The molecule has 0 unspecified atom stereocenters. The average Bonchev–Trinajstić information content (AvgIpc) is 2.77. The predicted octanol–water partition coefficient (Wildman–Crippen LogP) is 4.03. The van der Waals surface area contributed by atoms with Crippen LogP contribution in [0.3, 0.4) is 0 Å². The molecule has 0 aromatic rings. The van der Waals surface area contributed by atoms with Crippen molar-refractivity contribution in [3.63, 3.8) is 0 Å². The summed E-state index contributed by atoms with van der Waals surface area (Å²) in [5.74, 6) is 0. The van der Waals surface area contributed by atoms with Crippen molar-refractivity contribution in [2.75, 3.05) is 26.2 Å². The molecular weight excluding hydrogens is 248 g/mol. The first-order chi connectivity index (χ1) is 9.79. The van der Waals surface area contributed by atoms with E-state index >= 15 is 0 Å². The van der Waals surface area contributed by atoms with Gasteiger partial charge in [-0.15, -0.1) is 0 Å². The molecule has 3 heteroatoms. The van der Waals surface area contributed by atoms with Crippen LogP contribution in [0.2, 0.25) is 0 Å². The van der Waals surface area contributed by atoms with Gasteiger partial charge in [-0.25, -0.2) is 4.79 Å². The summed E-state index contributed by atoms with van der Waals surface area (Å²) in [5, 5.41) is 0. The molecule has 3 nitrogen and oxygen atoms in total. The molecule has 1 aliphatic carbocycles. The van der Waals surface area contributed by atoms with Crippen LogP contribution < -0.4 is 0 Å². The van der Waals surface area contributed by atoms with Crippen molar-refractivity contribution in [3.8, 4) is 0 Å². The van der Waals surface area contributed by atoms with E-state index in [-0.39, 0.29) is 0 Å². The highest BCUT2D eigenvalue weighted by Crippen LogP contribution is 2.44. The molecule has 0 bridgehead atoms. The highest BCUT2D eigenvalue weighted by atomic mass is 16.2. The Kier molecular flexibility index (Phi) is 4.52. The van der Waals surface area contributed by atoms with Gasteiger partial charge in [0.2, 0.25) is 0 Å². The Morgan fingerprint density at radius 3 is 1.70 bits per heavy atom. The van der Waals surface area contributed by atoms with Crippen LogP contribution in [0, 0.1) is 5.41 Å². The van der Waals surface area contributed by atoms with Crippen LogP contribution in [0.1, 0.15) is 70.6 Å². The van der Waals surface area contributed by atoms with Gasteiger partial charge in [0, 0.05) is 26.2 Å². The zero-order valence-corrected chi connectivity index (χ0v) is 12.9. The summed E-state index contributed by atoms with van der Waals surface area (Å²) in [4.78, 5) is 16.9. The van der Waals surface area contributed by atoms with Gasteiger partial charge >= 0.3 is 6.03 Å². The molecular formula is C17H30N2O. The van der Waals surface area contributed by atoms with Crippen molar-refractivity contribution in [2.45, 2.75) is 70.6 Å². The third-order valence-corrected chi connectivity index (χ3v) is 5.89. The topological polar surface area (TPSA) is 23.6 Å². The van der Waals surface area contributed by atoms with Crippen LogP contribution in [0.5, 0.6) is 0 Å². The van der Waals surface area contributed by atoms with Crippen LogP contribution in [0.15, 0.2) is 0 Å². The van der Waals surface area contributed by atoms with Crippen molar-refractivity contribution < 1.29 is 4.79 Å². The fourth-order valence-electron chi connectivity index (χ4n) is 4.44. The number of rotatable bonds is 0. The summed E-state index contributed by atoms with van der Waals surface area (Å²) < 4.78 is 0. The van der Waals surface area contributed by atoms with Gasteiger partial charge in [-0.05, 0) is 43.9 Å². The van der Waals surface area contributed by atoms with Gasteiger partial charge in [0.1, 0.15) is 0 Å². The monoisotopic (exact) mass is 278 g/mol. The predicted molar refractivity (Wildman–Crippen MR) is 81.8 cm³/mol. The highest BCUT2D eigenvalue weighted by Gasteiger charge is 2.37. The fourth-order valence-corrected chi connectivity index (χ4v) is 4.44. The molecule has 3 rings (SSSR count). The molecule has 0 radical (unpaired) electrons. The lowest BCUT2D eigenvalue weighted by molar-refractivity contribution is 0.0694. The molecule has 0 N–H and O–H groups in total. The Morgan fingerprint density at radius 1 is 0.600 bits per heavy atom. The van der Waals surface area contributed by atoms with Crippen LogP contribution in [-0.4, -0.2) is 42.0 Å². The average molecular weight is 278 g/mol. The van der Waals surface area contributed by atoms with E-state index in [4.69, 9.17) is 0 Å². The molecule has 2 saturated heterocycles. The van der Waals surface area contributed by atoms with E-state index in [9.17, 15) is 4.79 Å². The van der Waals surface area contributed by atoms with E-state index in [1.807, 2.05) is 0 Å². The minimum Gasteiger partial charge on any atom is -0.325 e. The van der Waals surface area contributed by atoms with Gasteiger partial charge in [-0.2, -0.15) is 0 Å². The van der Waals surface area contributed by atoms with Crippen LogP contribution in [0.4, 0.5) is 4.79 Å². The molecule has 0 aromatic carbocycles. The molecule has 0 atom stereocenters. The molecule has 114 valence electrons. The first-order valence-electron chi connectivity index (χ1n) is 8.83. The van der Waals surface area contributed by atoms with Crippen LogP contribution in [0.25, 0.3) is 0 Å². The molecule has 2 aliphatic heterocycles. The Morgan fingerprint density at radius 2 is 1.10 bits per heavy atom. The number of piperidine rings is 1. The largest absolute Gasteiger partial charge is 0.325 e. The number of carbonyl (C=O) groups is 1. The molecule has 1 saturated carbocycles. The summed E-state index contributed by atoms with van der Waals surface area (Å²) in [5.41, 5.74) is 0.605. The van der Waals surface area contributed by atoms with Gasteiger partial charge in [0.25, 0.3) is 0 Å². The van der Waals surface area contributed by atoms with E-state index in [2.05, 4.69) is 9.80 Å². The van der Waals surface area contributed by atoms with Crippen LogP contribution in [-0.2, 0) is 0 Å². The molecule has 3 fully saturated rings. The lowest BCUT2D eigenvalue weighted by atomic mass is 9.68. The molecule has 1 spiro atoms. The number of likely N-dealkylation sites (tertiary alicyclic amines) is 2. The van der Waals surface area contributed by atoms with E-state index < -0.39 is 0 Å². The molecule has 20 heavy (non-hydrogen) atoms. The second-order valence-corrected chi connectivity index (χ2v) is 7.23. The van der Waals surface area contributed by atoms with Crippen molar-refractivity contribution >= 4 is 6.03 Å². The Balaban J connectivity index is 1.53. The summed E-state index contributed by atoms with van der Waals surface area (Å²) >= 11 is 0. The molecule has 0 aromatic heterocycles. The summed E-state index contributed by atoms with van der Waals surface area (Å²) in [6.45, 7) is 3.99. The van der Waals surface area contributed by atoms with Gasteiger partial charge in [-0.1, -0.05) is 32.1 Å². The Hall–Kier alpha value is -0.730. The van der Waals surface area contributed by atoms with Gasteiger partial charge in [-0.3, -0.25) is 0 Å². The lowest BCUT2D eigenvalue weighted by Crippen LogP contribution is -2.49. The van der Waals surface area contributed by atoms with E-state index in [0.717, 1.165) is 26.2 Å². The number of nitrogens with zero attached hydrogens (tertiary/aromatic N) is 2. The maximum absolute atomic E-state index is 12.6. The second kappa shape index (κ2) is 6.36. The number of hydrogen-bond acceptors (Lipinski definition) is 1. The molecule has 2 amide bonds. The summed E-state index contributed by atoms with van der Waals surface area (Å²) in [6.07, 6.45) is 14.6. The third-order valence-electron chi connectivity index (χ3n) is 5.89. The first kappa shape index (κ1) is 14.2. The number of hydrogen-bond donors (Lipinski definition) is 0. The van der Waals surface area contributed by atoms with Crippen LogP contribution >= 0.6 is 0 Å². The zero-order valence-electron chi connectivity index (χ0n) is 12.9. The smallest absolute Gasteiger partial charge is 0.319 e. The van der Waals surface area contributed by atoms with Gasteiger partial charge in [0.05, 0.1) is 0 Å². The van der Waals surface area contributed by atoms with E-state index in [1.54, 1.807) is 0 Å². The van der Waals surface area contributed by atoms with Gasteiger partial charge < -0.3 is 9.80 Å². The summed E-state index contributed by atoms with van der Waals surface area (Å²) in [6, 6.07) is 0.331. The normalized spacial score (nSPS) is 27.4. The number of amides is 2. The lowest BCUT2D eigenvalue weighted by Gasteiger charge is -2.45. The molecule has 2 heterocycles.